The molecule has 2 aromatic heterocycles. The first-order valence-electron chi connectivity index (χ1n) is 6.67. The van der Waals surface area contributed by atoms with Crippen molar-refractivity contribution in [3.8, 4) is 0 Å². The molecular weight excluding hydrogens is 284 g/mol. The Morgan fingerprint density at radius 3 is 3.00 bits per heavy atom. The number of nitrogens with one attached hydrogen (secondary N) is 2. The molecule has 0 unspecified atom stereocenters. The molecule has 0 fully saturated rings. The number of hydrogen-bond acceptors (Lipinski definition) is 5. The average Bonchev–Trinajstić information content (AvgIpc) is 3.01. The fourth-order valence-corrected chi connectivity index (χ4v) is 2.21. The number of fused-ring (bicyclic) bond motifs is 1. The third kappa shape index (κ3) is 3.03. The van der Waals surface area contributed by atoms with Gasteiger partial charge in [-0.1, -0.05) is 6.08 Å². The molecule has 0 atom stereocenters. The van der Waals surface area contributed by atoms with Crippen molar-refractivity contribution < 1.29 is 0 Å². The Labute approximate surface area is 127 Å². The Balaban J connectivity index is 1.90. The molecule has 0 amide bonds. The maximum Gasteiger partial charge on any atom is 0.180 e. The zero-order valence-corrected chi connectivity index (χ0v) is 12.3. The molecule has 106 valence electrons. The SMILES string of the molecule is CCNC(=S)Nc1ccc2ncc(C3=NC=CC3)nc2n1. The maximum atomic E-state index is 5.15. The maximum absolute atomic E-state index is 5.15. The first kappa shape index (κ1) is 13.6. The summed E-state index contributed by atoms with van der Waals surface area (Å²) < 4.78 is 0. The molecule has 0 saturated heterocycles. The van der Waals surface area contributed by atoms with Crippen molar-refractivity contribution in [3.05, 3.63) is 36.3 Å². The number of anilines is 1. The van der Waals surface area contributed by atoms with Crippen molar-refractivity contribution in [3.63, 3.8) is 0 Å². The predicted molar refractivity (Wildman–Crippen MR) is 87.5 cm³/mol. The molecule has 3 rings (SSSR count). The third-order valence-electron chi connectivity index (χ3n) is 2.93. The molecule has 1 aliphatic heterocycles. The number of allylic oxidation sites excluding steroid dienone is 1. The van der Waals surface area contributed by atoms with E-state index in [0.29, 0.717) is 16.6 Å². The number of pyridine rings is 1. The molecule has 0 radical (unpaired) electrons. The Bertz CT molecular complexity index is 752. The summed E-state index contributed by atoms with van der Waals surface area (Å²) in [5.74, 6) is 0.645. The van der Waals surface area contributed by atoms with Gasteiger partial charge in [0.2, 0.25) is 0 Å². The van der Waals surface area contributed by atoms with E-state index in [-0.39, 0.29) is 0 Å². The van der Waals surface area contributed by atoms with Crippen molar-refractivity contribution >= 4 is 40.0 Å². The standard InChI is InChI=1S/C14H14N6S/c1-2-15-14(21)20-12-6-5-10-13(19-12)18-11(8-17-10)9-4-3-7-16-9/h3,5-8H,2,4H2,1H3,(H2,15,18,19,20,21). The molecule has 3 heterocycles. The number of thiocarbonyl (C=S) groups is 1. The lowest BCUT2D eigenvalue weighted by atomic mass is 10.2. The van der Waals surface area contributed by atoms with E-state index >= 15 is 0 Å². The number of rotatable bonds is 3. The van der Waals surface area contributed by atoms with E-state index < -0.39 is 0 Å². The lowest BCUT2D eigenvalue weighted by molar-refractivity contribution is 0.978. The van der Waals surface area contributed by atoms with Gasteiger partial charge in [-0.05, 0) is 31.3 Å². The van der Waals surface area contributed by atoms with Gasteiger partial charge in [0.15, 0.2) is 10.8 Å². The van der Waals surface area contributed by atoms with Gasteiger partial charge in [-0.2, -0.15) is 0 Å². The monoisotopic (exact) mass is 298 g/mol. The van der Waals surface area contributed by atoms with Crippen molar-refractivity contribution in [1.82, 2.24) is 20.3 Å². The fraction of sp³-hybridized carbons (Fsp3) is 0.214. The van der Waals surface area contributed by atoms with E-state index in [4.69, 9.17) is 12.2 Å². The van der Waals surface area contributed by atoms with Crippen LogP contribution in [0.4, 0.5) is 5.82 Å². The fourth-order valence-electron chi connectivity index (χ4n) is 1.96. The van der Waals surface area contributed by atoms with Crippen molar-refractivity contribution in [1.29, 1.82) is 0 Å². The van der Waals surface area contributed by atoms with Gasteiger partial charge in [-0.3, -0.25) is 9.98 Å². The van der Waals surface area contributed by atoms with Crippen LogP contribution in [0, 0.1) is 0 Å². The highest BCUT2D eigenvalue weighted by molar-refractivity contribution is 7.80. The van der Waals surface area contributed by atoms with Gasteiger partial charge < -0.3 is 10.6 Å². The van der Waals surface area contributed by atoms with Crippen LogP contribution in [0.2, 0.25) is 0 Å². The highest BCUT2D eigenvalue weighted by Crippen LogP contribution is 2.14. The molecule has 7 heteroatoms. The van der Waals surface area contributed by atoms with Gasteiger partial charge in [0.1, 0.15) is 17.0 Å². The smallest absolute Gasteiger partial charge is 0.180 e. The van der Waals surface area contributed by atoms with Crippen LogP contribution in [0.25, 0.3) is 11.2 Å². The third-order valence-corrected chi connectivity index (χ3v) is 3.17. The minimum atomic E-state index is 0.540. The Kier molecular flexibility index (Phi) is 3.83. The van der Waals surface area contributed by atoms with E-state index in [1.54, 1.807) is 12.4 Å². The molecule has 0 saturated carbocycles. The molecule has 0 aliphatic carbocycles. The summed E-state index contributed by atoms with van der Waals surface area (Å²) in [7, 11) is 0. The molecular formula is C14H14N6S. The number of aliphatic imine (C=N–C) groups is 1. The van der Waals surface area contributed by atoms with E-state index in [9.17, 15) is 0 Å². The summed E-state index contributed by atoms with van der Waals surface area (Å²) >= 11 is 5.15. The lowest BCUT2D eigenvalue weighted by Crippen LogP contribution is -2.28. The van der Waals surface area contributed by atoms with E-state index in [2.05, 4.69) is 30.6 Å². The van der Waals surface area contributed by atoms with Crippen LogP contribution < -0.4 is 10.6 Å². The average molecular weight is 298 g/mol. The minimum absolute atomic E-state index is 0.540. The van der Waals surface area contributed by atoms with Gasteiger partial charge in [-0.25, -0.2) is 9.97 Å². The second-order valence-corrected chi connectivity index (χ2v) is 4.85. The summed E-state index contributed by atoms with van der Waals surface area (Å²) in [6, 6.07) is 3.69. The van der Waals surface area contributed by atoms with Crippen LogP contribution in [-0.4, -0.2) is 32.3 Å². The lowest BCUT2D eigenvalue weighted by Gasteiger charge is -2.08. The van der Waals surface area contributed by atoms with Crippen molar-refractivity contribution in [2.75, 3.05) is 11.9 Å². The van der Waals surface area contributed by atoms with Gasteiger partial charge in [0, 0.05) is 19.2 Å². The molecule has 0 aromatic carbocycles. The summed E-state index contributed by atoms with van der Waals surface area (Å²) in [4.78, 5) is 17.6. The minimum Gasteiger partial charge on any atom is -0.363 e. The number of nitrogens with zero attached hydrogens (tertiary/aromatic N) is 4. The van der Waals surface area contributed by atoms with E-state index in [1.165, 1.54) is 0 Å². The molecule has 2 aromatic rings. The van der Waals surface area contributed by atoms with E-state index in [0.717, 1.165) is 29.9 Å². The first-order valence-corrected chi connectivity index (χ1v) is 7.08. The largest absolute Gasteiger partial charge is 0.363 e. The molecule has 0 spiro atoms. The van der Waals surface area contributed by atoms with Crippen LogP contribution in [-0.2, 0) is 0 Å². The Hall–Kier alpha value is -2.41. The van der Waals surface area contributed by atoms with Gasteiger partial charge >= 0.3 is 0 Å². The van der Waals surface area contributed by atoms with E-state index in [1.807, 2.05) is 25.1 Å². The second kappa shape index (κ2) is 5.92. The highest BCUT2D eigenvalue weighted by Gasteiger charge is 2.09. The first-order chi connectivity index (χ1) is 10.3. The molecule has 21 heavy (non-hydrogen) atoms. The normalized spacial score (nSPS) is 13.3. The number of hydrogen-bond donors (Lipinski definition) is 2. The predicted octanol–water partition coefficient (Wildman–Crippen LogP) is 2.04. The van der Waals surface area contributed by atoms with Crippen LogP contribution in [0.5, 0.6) is 0 Å². The van der Waals surface area contributed by atoms with Gasteiger partial charge in [-0.15, -0.1) is 0 Å². The Morgan fingerprint density at radius 1 is 1.33 bits per heavy atom. The van der Waals surface area contributed by atoms with Crippen LogP contribution in [0.15, 0.2) is 35.6 Å². The molecule has 1 aliphatic rings. The topological polar surface area (TPSA) is 75.1 Å². The van der Waals surface area contributed by atoms with Gasteiger partial charge in [0.25, 0.3) is 0 Å². The van der Waals surface area contributed by atoms with Crippen LogP contribution in [0.1, 0.15) is 19.0 Å². The summed E-state index contributed by atoms with van der Waals surface area (Å²) in [5.41, 5.74) is 2.98. The highest BCUT2D eigenvalue weighted by atomic mass is 32.1. The Morgan fingerprint density at radius 2 is 2.24 bits per heavy atom. The summed E-state index contributed by atoms with van der Waals surface area (Å²) in [6.45, 7) is 2.74. The van der Waals surface area contributed by atoms with Crippen LogP contribution in [0.3, 0.4) is 0 Å². The summed E-state index contributed by atoms with van der Waals surface area (Å²) in [6.07, 6.45) is 6.28. The van der Waals surface area contributed by atoms with Crippen molar-refractivity contribution in [2.24, 2.45) is 4.99 Å². The zero-order valence-electron chi connectivity index (χ0n) is 11.5. The quantitative estimate of drug-likeness (QED) is 0.845. The summed E-state index contributed by atoms with van der Waals surface area (Å²) in [5, 5.41) is 6.58. The van der Waals surface area contributed by atoms with Crippen molar-refractivity contribution in [2.45, 2.75) is 13.3 Å². The number of aromatic nitrogens is 3. The zero-order chi connectivity index (χ0) is 14.7. The van der Waals surface area contributed by atoms with Gasteiger partial charge in [0.05, 0.1) is 11.9 Å². The second-order valence-electron chi connectivity index (χ2n) is 4.44. The molecule has 0 bridgehead atoms. The molecule has 2 N–H and O–H groups in total. The van der Waals surface area contributed by atoms with Crippen LogP contribution >= 0.6 is 12.2 Å². The molecule has 6 nitrogen and oxygen atoms in total.